The molecular weight excluding hydrogens is 540 g/mol. The molecule has 2 aliphatic heterocycles. The normalized spacial score (nSPS) is 21.1. The van der Waals surface area contributed by atoms with Gasteiger partial charge in [0.05, 0.1) is 29.0 Å². The van der Waals surface area contributed by atoms with Crippen LogP contribution in [-0.4, -0.2) is 58.1 Å². The van der Waals surface area contributed by atoms with Crippen molar-refractivity contribution in [2.75, 3.05) is 24.2 Å². The molecule has 2 fully saturated rings. The number of piperidine rings is 1. The van der Waals surface area contributed by atoms with Gasteiger partial charge in [-0.2, -0.15) is 0 Å². The van der Waals surface area contributed by atoms with E-state index >= 15 is 0 Å². The number of rotatable bonds is 5. The molecule has 212 valence electrons. The zero-order chi connectivity index (χ0) is 28.3. The number of aliphatic hydroxyl groups excluding tert-OH is 1. The molecule has 2 aliphatic rings. The Labute approximate surface area is 231 Å². The van der Waals surface area contributed by atoms with Crippen molar-refractivity contribution in [2.45, 2.75) is 57.8 Å². The third-order valence-corrected chi connectivity index (χ3v) is 9.45. The van der Waals surface area contributed by atoms with Crippen LogP contribution in [0.15, 0.2) is 40.9 Å². The second-order valence-corrected chi connectivity index (χ2v) is 12.7. The Morgan fingerprint density at radius 1 is 1.00 bits per heavy atom. The number of aryl methyl sites for hydroxylation is 2. The summed E-state index contributed by atoms with van der Waals surface area (Å²) in [5.74, 6) is -0.537. The van der Waals surface area contributed by atoms with Gasteiger partial charge in [-0.25, -0.2) is 26.5 Å². The molecule has 6 rings (SSSR count). The van der Waals surface area contributed by atoms with E-state index in [4.69, 9.17) is 9.51 Å². The minimum Gasteiger partial charge on any atom is -0.374 e. The van der Waals surface area contributed by atoms with Crippen molar-refractivity contribution in [1.82, 2.24) is 19.0 Å². The van der Waals surface area contributed by atoms with Crippen molar-refractivity contribution in [2.24, 2.45) is 0 Å². The lowest BCUT2D eigenvalue weighted by molar-refractivity contribution is 0.182. The first-order valence-corrected chi connectivity index (χ1v) is 15.2. The molecule has 2 aromatic heterocycles. The molecule has 12 heteroatoms. The van der Waals surface area contributed by atoms with E-state index in [0.717, 1.165) is 40.0 Å². The number of nitrogens with zero attached hydrogens (tertiary/aromatic N) is 5. The van der Waals surface area contributed by atoms with Crippen LogP contribution in [0.5, 0.6) is 0 Å². The van der Waals surface area contributed by atoms with Gasteiger partial charge in [0.25, 0.3) is 0 Å². The van der Waals surface area contributed by atoms with Crippen LogP contribution in [0.25, 0.3) is 22.2 Å². The van der Waals surface area contributed by atoms with Gasteiger partial charge in [-0.1, -0.05) is 11.2 Å². The smallest absolute Gasteiger partial charge is 0.211 e. The fourth-order valence-corrected chi connectivity index (χ4v) is 7.14. The fraction of sp³-hybridized carbons (Fsp3) is 0.429. The van der Waals surface area contributed by atoms with Crippen LogP contribution in [0.3, 0.4) is 0 Å². The molecule has 40 heavy (non-hydrogen) atoms. The summed E-state index contributed by atoms with van der Waals surface area (Å²) >= 11 is 0. The van der Waals surface area contributed by atoms with Gasteiger partial charge in [0.1, 0.15) is 17.8 Å². The van der Waals surface area contributed by atoms with Crippen LogP contribution < -0.4 is 4.90 Å². The van der Waals surface area contributed by atoms with Gasteiger partial charge < -0.3 is 19.1 Å². The van der Waals surface area contributed by atoms with Crippen LogP contribution in [0.2, 0.25) is 0 Å². The highest BCUT2D eigenvalue weighted by Crippen LogP contribution is 2.43. The third-order valence-electron chi connectivity index (χ3n) is 8.15. The highest BCUT2D eigenvalue weighted by atomic mass is 32.2. The first kappa shape index (κ1) is 26.9. The quantitative estimate of drug-likeness (QED) is 0.365. The van der Waals surface area contributed by atoms with Crippen molar-refractivity contribution < 1.29 is 26.8 Å². The van der Waals surface area contributed by atoms with Crippen molar-refractivity contribution in [3.05, 3.63) is 65.3 Å². The van der Waals surface area contributed by atoms with E-state index in [0.29, 0.717) is 56.0 Å². The standard InChI is InChI=1S/C28H31F2N5O4S/c1-16-27(17(2)39-32-16)18-4-7-24-23(14-18)31-28(35(24)19-10-12-33(13-11-19)40(3,37)38)25-8-9-26(36)34(25)20-5-6-21(29)22(30)15-20/h4-7,14-15,19,25-26,36H,8-13H2,1-3H3/t25-,26?/m0/s1. The summed E-state index contributed by atoms with van der Waals surface area (Å²) < 4.78 is 61.3. The third kappa shape index (κ3) is 4.57. The minimum atomic E-state index is -3.30. The van der Waals surface area contributed by atoms with Crippen LogP contribution >= 0.6 is 0 Å². The summed E-state index contributed by atoms with van der Waals surface area (Å²) in [4.78, 5) is 6.77. The topological polar surface area (TPSA) is 105 Å². The van der Waals surface area contributed by atoms with Crippen molar-refractivity contribution in [1.29, 1.82) is 0 Å². The summed E-state index contributed by atoms with van der Waals surface area (Å²) in [6.45, 7) is 4.52. The number of benzene rings is 2. The molecule has 0 amide bonds. The molecule has 2 atom stereocenters. The van der Waals surface area contributed by atoms with Gasteiger partial charge >= 0.3 is 0 Å². The van der Waals surface area contributed by atoms with Crippen LogP contribution in [0.1, 0.15) is 55.0 Å². The average Bonchev–Trinajstić information content (AvgIpc) is 3.59. The number of hydrogen-bond donors (Lipinski definition) is 1. The van der Waals surface area contributed by atoms with Gasteiger partial charge in [0.2, 0.25) is 10.0 Å². The highest BCUT2D eigenvalue weighted by molar-refractivity contribution is 7.88. The Kier molecular flexibility index (Phi) is 6.67. The van der Waals surface area contributed by atoms with Crippen molar-refractivity contribution in [3.8, 4) is 11.1 Å². The van der Waals surface area contributed by atoms with Gasteiger partial charge in [0.15, 0.2) is 11.6 Å². The lowest BCUT2D eigenvalue weighted by Gasteiger charge is -2.35. The Bertz CT molecular complexity index is 1670. The zero-order valence-electron chi connectivity index (χ0n) is 22.5. The minimum absolute atomic E-state index is 0.0348. The van der Waals surface area contributed by atoms with E-state index in [2.05, 4.69) is 9.72 Å². The molecule has 2 saturated heterocycles. The maximum atomic E-state index is 14.2. The SMILES string of the molecule is Cc1noc(C)c1-c1ccc2c(c1)nc([C@@H]1CCC(O)N1c1ccc(F)c(F)c1)n2C1CCN(S(C)(=O)=O)CC1. The highest BCUT2D eigenvalue weighted by Gasteiger charge is 2.39. The van der Waals surface area contributed by atoms with Crippen molar-refractivity contribution >= 4 is 26.7 Å². The van der Waals surface area contributed by atoms with E-state index in [1.165, 1.54) is 16.6 Å². The van der Waals surface area contributed by atoms with Crippen LogP contribution in [0, 0.1) is 25.5 Å². The maximum Gasteiger partial charge on any atom is 0.211 e. The average molecular weight is 572 g/mol. The van der Waals surface area contributed by atoms with Crippen LogP contribution in [0.4, 0.5) is 14.5 Å². The second-order valence-electron chi connectivity index (χ2n) is 10.7. The Balaban J connectivity index is 1.47. The first-order valence-electron chi connectivity index (χ1n) is 13.3. The van der Waals surface area contributed by atoms with Gasteiger partial charge in [-0.15, -0.1) is 0 Å². The van der Waals surface area contributed by atoms with E-state index in [9.17, 15) is 22.3 Å². The van der Waals surface area contributed by atoms with E-state index in [1.807, 2.05) is 32.0 Å². The number of imidazole rings is 1. The summed E-state index contributed by atoms with van der Waals surface area (Å²) in [5.41, 5.74) is 4.58. The molecule has 1 N–H and O–H groups in total. The zero-order valence-corrected chi connectivity index (χ0v) is 23.3. The molecule has 0 radical (unpaired) electrons. The molecular formula is C28H31F2N5O4S. The van der Waals surface area contributed by atoms with Crippen molar-refractivity contribution in [3.63, 3.8) is 0 Å². The lowest BCUT2D eigenvalue weighted by atomic mass is 10.0. The maximum absolute atomic E-state index is 14.2. The number of aromatic nitrogens is 3. The van der Waals surface area contributed by atoms with Gasteiger partial charge in [0, 0.05) is 36.4 Å². The molecule has 0 aliphatic carbocycles. The molecule has 4 aromatic rings. The molecule has 9 nitrogen and oxygen atoms in total. The predicted molar refractivity (Wildman–Crippen MR) is 146 cm³/mol. The van der Waals surface area contributed by atoms with E-state index < -0.39 is 33.9 Å². The molecule has 4 heterocycles. The lowest BCUT2D eigenvalue weighted by Crippen LogP contribution is -2.39. The van der Waals surface area contributed by atoms with E-state index in [-0.39, 0.29) is 6.04 Å². The summed E-state index contributed by atoms with van der Waals surface area (Å²) in [6.07, 6.45) is 2.51. The summed E-state index contributed by atoms with van der Waals surface area (Å²) in [6, 6.07) is 9.18. The van der Waals surface area contributed by atoms with E-state index in [1.54, 1.807) is 4.90 Å². The van der Waals surface area contributed by atoms with Gasteiger partial charge in [-0.3, -0.25) is 0 Å². The molecule has 0 saturated carbocycles. The largest absolute Gasteiger partial charge is 0.374 e. The van der Waals surface area contributed by atoms with Gasteiger partial charge in [-0.05, 0) is 69.4 Å². The first-order chi connectivity index (χ1) is 19.0. The number of halogens is 2. The number of aliphatic hydroxyl groups is 1. The Morgan fingerprint density at radius 2 is 1.75 bits per heavy atom. The number of anilines is 1. The predicted octanol–water partition coefficient (Wildman–Crippen LogP) is 4.84. The Morgan fingerprint density at radius 3 is 2.40 bits per heavy atom. The summed E-state index contributed by atoms with van der Waals surface area (Å²) in [5, 5.41) is 15.0. The monoisotopic (exact) mass is 571 g/mol. The second kappa shape index (κ2) is 9.93. The molecule has 1 unspecified atom stereocenters. The molecule has 2 aromatic carbocycles. The number of sulfonamides is 1. The Hall–Kier alpha value is -3.35. The number of hydrogen-bond acceptors (Lipinski definition) is 7. The molecule has 0 spiro atoms. The summed E-state index contributed by atoms with van der Waals surface area (Å²) in [7, 11) is -3.30. The fourth-order valence-electron chi connectivity index (χ4n) is 6.26. The molecule has 0 bridgehead atoms. The van der Waals surface area contributed by atoms with Crippen LogP contribution in [-0.2, 0) is 10.0 Å². The number of fused-ring (bicyclic) bond motifs is 1.